The predicted molar refractivity (Wildman–Crippen MR) is 102 cm³/mol. The van der Waals surface area contributed by atoms with E-state index >= 15 is 0 Å². The number of unbranched alkanes of at least 4 members (excludes halogenated alkanes) is 1. The highest BCUT2D eigenvalue weighted by Gasteiger charge is 2.21. The zero-order valence-electron chi connectivity index (χ0n) is 14.9. The van der Waals surface area contributed by atoms with Gasteiger partial charge in [0.05, 0.1) is 29.3 Å². The van der Waals surface area contributed by atoms with Gasteiger partial charge in [-0.2, -0.15) is 0 Å². The minimum absolute atomic E-state index is 0.284. The molecule has 0 aliphatic heterocycles. The van der Waals surface area contributed by atoms with E-state index in [1.54, 1.807) is 0 Å². The lowest BCUT2D eigenvalue weighted by Gasteiger charge is -2.30. The third-order valence-electron chi connectivity index (χ3n) is 4.55. The number of nitrogens with two attached hydrogens (primary N) is 1. The maximum atomic E-state index is 5.69. The number of nitrogens with zero attached hydrogens (tertiary/aromatic N) is 3. The first kappa shape index (κ1) is 17.6. The lowest BCUT2D eigenvalue weighted by molar-refractivity contribution is 0.172. The maximum Gasteiger partial charge on any atom is 0.121 e. The predicted octanol–water partition coefficient (Wildman–Crippen LogP) is 3.65. The van der Waals surface area contributed by atoms with Crippen molar-refractivity contribution in [2.24, 2.45) is 5.73 Å². The van der Waals surface area contributed by atoms with Crippen LogP contribution in [0.2, 0.25) is 0 Å². The van der Waals surface area contributed by atoms with Crippen LogP contribution in [0.3, 0.4) is 0 Å². The summed E-state index contributed by atoms with van der Waals surface area (Å²) in [5, 5.41) is 0. The Morgan fingerprint density at radius 3 is 2.68 bits per heavy atom. The molecule has 2 aromatic heterocycles. The fourth-order valence-corrected chi connectivity index (χ4v) is 3.30. The van der Waals surface area contributed by atoms with E-state index in [-0.39, 0.29) is 6.04 Å². The van der Waals surface area contributed by atoms with Gasteiger partial charge in [-0.1, -0.05) is 25.1 Å². The van der Waals surface area contributed by atoms with Crippen molar-refractivity contribution < 1.29 is 0 Å². The third-order valence-corrected chi connectivity index (χ3v) is 4.55. The van der Waals surface area contributed by atoms with E-state index in [1.165, 1.54) is 0 Å². The van der Waals surface area contributed by atoms with Crippen LogP contribution < -0.4 is 5.73 Å². The Morgan fingerprint density at radius 2 is 1.96 bits per heavy atom. The first-order valence-electron chi connectivity index (χ1n) is 9.10. The number of aromatic amines is 1. The van der Waals surface area contributed by atoms with Crippen molar-refractivity contribution in [2.75, 3.05) is 13.1 Å². The zero-order chi connectivity index (χ0) is 17.5. The molecule has 1 unspecified atom stereocenters. The van der Waals surface area contributed by atoms with Crippen LogP contribution in [0.25, 0.3) is 11.0 Å². The molecule has 132 valence electrons. The number of fused-ring (bicyclic) bond motifs is 1. The van der Waals surface area contributed by atoms with Crippen LogP contribution >= 0.6 is 0 Å². The Bertz CT molecular complexity index is 735. The molecule has 0 aliphatic carbocycles. The summed E-state index contributed by atoms with van der Waals surface area (Å²) in [6.07, 6.45) is 5.01. The number of aromatic nitrogens is 3. The van der Waals surface area contributed by atoms with E-state index in [0.29, 0.717) is 0 Å². The van der Waals surface area contributed by atoms with Gasteiger partial charge in [-0.05, 0) is 56.6 Å². The van der Waals surface area contributed by atoms with Crippen molar-refractivity contribution in [3.63, 3.8) is 0 Å². The van der Waals surface area contributed by atoms with Gasteiger partial charge in [0.2, 0.25) is 0 Å². The molecule has 0 fully saturated rings. The van der Waals surface area contributed by atoms with E-state index in [0.717, 1.165) is 61.4 Å². The summed E-state index contributed by atoms with van der Waals surface area (Å²) in [4.78, 5) is 15.3. The topological polar surface area (TPSA) is 70.8 Å². The normalized spacial score (nSPS) is 12.8. The third kappa shape index (κ3) is 4.44. The monoisotopic (exact) mass is 337 g/mol. The second-order valence-corrected chi connectivity index (χ2v) is 6.35. The fourth-order valence-electron chi connectivity index (χ4n) is 3.30. The van der Waals surface area contributed by atoms with Crippen molar-refractivity contribution in [3.8, 4) is 0 Å². The highest BCUT2D eigenvalue weighted by atomic mass is 15.2. The molecule has 0 saturated heterocycles. The van der Waals surface area contributed by atoms with Crippen LogP contribution in [0.5, 0.6) is 0 Å². The number of pyridine rings is 1. The summed E-state index contributed by atoms with van der Waals surface area (Å²) in [5.41, 5.74) is 8.91. The van der Waals surface area contributed by atoms with Crippen LogP contribution in [0.4, 0.5) is 0 Å². The Hall–Kier alpha value is -2.24. The Morgan fingerprint density at radius 1 is 1.12 bits per heavy atom. The molecular weight excluding hydrogens is 310 g/mol. The second-order valence-electron chi connectivity index (χ2n) is 6.35. The standard InChI is InChI=1S/C20H27N5/c1-2-19(18-11-5-7-13-22-18)25(14-8-6-12-21)15-20-23-16-9-3-4-10-17(16)24-20/h3-5,7,9-11,13,19H,2,6,8,12,14-15,21H2,1H3,(H,23,24). The van der Waals surface area contributed by atoms with Gasteiger partial charge in [-0.25, -0.2) is 4.98 Å². The number of benzene rings is 1. The van der Waals surface area contributed by atoms with Crippen molar-refractivity contribution >= 4 is 11.0 Å². The Balaban J connectivity index is 1.82. The number of hydrogen-bond acceptors (Lipinski definition) is 4. The molecule has 0 spiro atoms. The van der Waals surface area contributed by atoms with E-state index in [1.807, 2.05) is 30.5 Å². The Kier molecular flexibility index (Phi) is 6.14. The van der Waals surface area contributed by atoms with Crippen molar-refractivity contribution in [1.82, 2.24) is 19.9 Å². The molecule has 25 heavy (non-hydrogen) atoms. The molecule has 0 aliphatic rings. The number of H-pyrrole nitrogens is 1. The molecular formula is C20H27N5. The van der Waals surface area contributed by atoms with Crippen molar-refractivity contribution in [1.29, 1.82) is 0 Å². The molecule has 0 bridgehead atoms. The average molecular weight is 337 g/mol. The molecule has 3 aromatic rings. The van der Waals surface area contributed by atoms with Gasteiger partial charge in [0.25, 0.3) is 0 Å². The molecule has 1 aromatic carbocycles. The van der Waals surface area contributed by atoms with Crippen molar-refractivity contribution in [3.05, 3.63) is 60.2 Å². The van der Waals surface area contributed by atoms with Gasteiger partial charge < -0.3 is 10.7 Å². The van der Waals surface area contributed by atoms with Gasteiger partial charge in [0, 0.05) is 6.20 Å². The fraction of sp³-hybridized carbons (Fsp3) is 0.400. The highest BCUT2D eigenvalue weighted by Crippen LogP contribution is 2.25. The molecule has 1 atom stereocenters. The highest BCUT2D eigenvalue weighted by molar-refractivity contribution is 5.74. The minimum atomic E-state index is 0.284. The summed E-state index contributed by atoms with van der Waals surface area (Å²) in [6, 6.07) is 14.6. The lowest BCUT2D eigenvalue weighted by atomic mass is 10.1. The Labute approximate surface area is 149 Å². The molecule has 0 radical (unpaired) electrons. The van der Waals surface area contributed by atoms with Gasteiger partial charge >= 0.3 is 0 Å². The number of imidazole rings is 1. The second kappa shape index (κ2) is 8.74. The molecule has 2 heterocycles. The van der Waals surface area contributed by atoms with Gasteiger partial charge in [0.1, 0.15) is 5.82 Å². The van der Waals surface area contributed by atoms with Gasteiger partial charge in [-0.15, -0.1) is 0 Å². The smallest absolute Gasteiger partial charge is 0.121 e. The summed E-state index contributed by atoms with van der Waals surface area (Å²) >= 11 is 0. The largest absolute Gasteiger partial charge is 0.341 e. The van der Waals surface area contributed by atoms with E-state index in [9.17, 15) is 0 Å². The molecule has 5 heteroatoms. The SMILES string of the molecule is CCC(c1ccccn1)N(CCCCN)Cc1nc2ccccc2[nH]1. The number of para-hydroxylation sites is 2. The van der Waals surface area contributed by atoms with Crippen LogP contribution in [-0.4, -0.2) is 32.9 Å². The first-order valence-corrected chi connectivity index (χ1v) is 9.10. The van der Waals surface area contributed by atoms with Crippen LogP contribution in [-0.2, 0) is 6.54 Å². The maximum absolute atomic E-state index is 5.69. The number of nitrogens with one attached hydrogen (secondary N) is 1. The zero-order valence-corrected chi connectivity index (χ0v) is 14.9. The minimum Gasteiger partial charge on any atom is -0.341 e. The lowest BCUT2D eigenvalue weighted by Crippen LogP contribution is -2.30. The van der Waals surface area contributed by atoms with E-state index < -0.39 is 0 Å². The van der Waals surface area contributed by atoms with Gasteiger partial charge in [0.15, 0.2) is 0 Å². The molecule has 5 nitrogen and oxygen atoms in total. The summed E-state index contributed by atoms with van der Waals surface area (Å²) in [6.45, 7) is 4.73. The molecule has 3 rings (SSSR count). The number of rotatable bonds is 9. The van der Waals surface area contributed by atoms with E-state index in [4.69, 9.17) is 10.7 Å². The van der Waals surface area contributed by atoms with E-state index in [2.05, 4.69) is 40.0 Å². The summed E-state index contributed by atoms with van der Waals surface area (Å²) in [7, 11) is 0. The van der Waals surface area contributed by atoms with Crippen molar-refractivity contribution in [2.45, 2.75) is 38.8 Å². The molecule has 0 amide bonds. The first-order chi connectivity index (χ1) is 12.3. The summed E-state index contributed by atoms with van der Waals surface area (Å²) in [5.74, 6) is 1.00. The van der Waals surface area contributed by atoms with Gasteiger partial charge in [-0.3, -0.25) is 9.88 Å². The summed E-state index contributed by atoms with van der Waals surface area (Å²) < 4.78 is 0. The quantitative estimate of drug-likeness (QED) is 0.585. The number of hydrogen-bond donors (Lipinski definition) is 2. The van der Waals surface area contributed by atoms with Crippen LogP contribution in [0.1, 0.15) is 43.7 Å². The molecule has 0 saturated carbocycles. The molecule has 3 N–H and O–H groups in total. The van der Waals surface area contributed by atoms with Crippen LogP contribution in [0, 0.1) is 0 Å². The van der Waals surface area contributed by atoms with Crippen LogP contribution in [0.15, 0.2) is 48.7 Å². The average Bonchev–Trinajstić information content (AvgIpc) is 3.05.